The standard InChI is InChI=1S/C9H16O2/c1-5-6-8(4)9(10)11-7(2)3/h6-7H,5H2,1-4H3/b8-6-. The maximum Gasteiger partial charge on any atom is 0.333 e. The van der Waals surface area contributed by atoms with Crippen LogP contribution in [0.15, 0.2) is 11.6 Å². The summed E-state index contributed by atoms with van der Waals surface area (Å²) in [5, 5.41) is 0. The molecule has 0 aliphatic rings. The van der Waals surface area contributed by atoms with E-state index in [0.717, 1.165) is 6.42 Å². The zero-order valence-electron chi connectivity index (χ0n) is 7.68. The zero-order valence-corrected chi connectivity index (χ0v) is 7.68. The molecular formula is C9H16O2. The van der Waals surface area contributed by atoms with Gasteiger partial charge in [0.15, 0.2) is 0 Å². The molecule has 0 bridgehead atoms. The summed E-state index contributed by atoms with van der Waals surface area (Å²) in [5.74, 6) is -0.207. The van der Waals surface area contributed by atoms with E-state index in [4.69, 9.17) is 4.74 Å². The first kappa shape index (κ1) is 10.2. The van der Waals surface area contributed by atoms with E-state index in [-0.39, 0.29) is 12.1 Å². The largest absolute Gasteiger partial charge is 0.460 e. The molecule has 0 radical (unpaired) electrons. The van der Waals surface area contributed by atoms with Gasteiger partial charge in [-0.3, -0.25) is 0 Å². The third kappa shape index (κ3) is 4.59. The van der Waals surface area contributed by atoms with Crippen LogP contribution in [0, 0.1) is 0 Å². The van der Waals surface area contributed by atoms with Crippen LogP contribution in [0.2, 0.25) is 0 Å². The lowest BCUT2D eigenvalue weighted by atomic mass is 10.2. The summed E-state index contributed by atoms with van der Waals surface area (Å²) in [5.41, 5.74) is 0.696. The van der Waals surface area contributed by atoms with E-state index in [1.54, 1.807) is 6.92 Å². The Morgan fingerprint density at radius 1 is 1.55 bits per heavy atom. The van der Waals surface area contributed by atoms with Gasteiger partial charge in [-0.1, -0.05) is 13.0 Å². The summed E-state index contributed by atoms with van der Waals surface area (Å²) in [6.07, 6.45) is 2.71. The molecule has 0 aromatic carbocycles. The Bertz CT molecular complexity index is 157. The van der Waals surface area contributed by atoms with Crippen LogP contribution in [0.25, 0.3) is 0 Å². The first-order valence-electron chi connectivity index (χ1n) is 3.95. The van der Waals surface area contributed by atoms with Gasteiger partial charge in [-0.15, -0.1) is 0 Å². The molecule has 0 aliphatic heterocycles. The summed E-state index contributed by atoms with van der Waals surface area (Å²) >= 11 is 0. The van der Waals surface area contributed by atoms with E-state index in [0.29, 0.717) is 5.57 Å². The molecule has 11 heavy (non-hydrogen) atoms. The maximum absolute atomic E-state index is 11.1. The minimum Gasteiger partial charge on any atom is -0.460 e. The summed E-state index contributed by atoms with van der Waals surface area (Å²) < 4.78 is 4.96. The van der Waals surface area contributed by atoms with Crippen molar-refractivity contribution in [3.8, 4) is 0 Å². The minimum atomic E-state index is -0.207. The summed E-state index contributed by atoms with van der Waals surface area (Å²) in [6, 6.07) is 0. The molecule has 0 unspecified atom stereocenters. The maximum atomic E-state index is 11.1. The van der Waals surface area contributed by atoms with Crippen LogP contribution < -0.4 is 0 Å². The van der Waals surface area contributed by atoms with Crippen molar-refractivity contribution in [1.82, 2.24) is 0 Å². The number of allylic oxidation sites excluding steroid dienone is 1. The highest BCUT2D eigenvalue weighted by molar-refractivity contribution is 5.87. The van der Waals surface area contributed by atoms with Crippen LogP contribution in [0.5, 0.6) is 0 Å². The molecule has 0 saturated carbocycles. The predicted octanol–water partition coefficient (Wildman–Crippen LogP) is 2.29. The summed E-state index contributed by atoms with van der Waals surface area (Å²) in [6.45, 7) is 7.45. The highest BCUT2D eigenvalue weighted by atomic mass is 16.5. The zero-order chi connectivity index (χ0) is 8.85. The third-order valence-electron chi connectivity index (χ3n) is 1.18. The molecule has 2 nitrogen and oxygen atoms in total. The van der Waals surface area contributed by atoms with Gasteiger partial charge in [-0.2, -0.15) is 0 Å². The van der Waals surface area contributed by atoms with Gasteiger partial charge in [0.1, 0.15) is 0 Å². The van der Waals surface area contributed by atoms with Gasteiger partial charge < -0.3 is 4.74 Å². The van der Waals surface area contributed by atoms with Gasteiger partial charge in [-0.25, -0.2) is 4.79 Å². The van der Waals surface area contributed by atoms with E-state index in [9.17, 15) is 4.79 Å². The molecule has 2 heteroatoms. The molecule has 0 aromatic rings. The Morgan fingerprint density at radius 3 is 2.45 bits per heavy atom. The van der Waals surface area contributed by atoms with Gasteiger partial charge in [0.05, 0.1) is 6.10 Å². The predicted molar refractivity (Wildman–Crippen MR) is 45.3 cm³/mol. The molecule has 0 atom stereocenters. The van der Waals surface area contributed by atoms with E-state index in [1.807, 2.05) is 26.8 Å². The molecule has 0 heterocycles. The van der Waals surface area contributed by atoms with Crippen molar-refractivity contribution in [3.63, 3.8) is 0 Å². The fraction of sp³-hybridized carbons (Fsp3) is 0.667. The second-order valence-corrected chi connectivity index (χ2v) is 2.75. The normalized spacial score (nSPS) is 11.9. The van der Waals surface area contributed by atoms with Crippen molar-refractivity contribution < 1.29 is 9.53 Å². The lowest BCUT2D eigenvalue weighted by Crippen LogP contribution is -2.11. The molecule has 0 aromatic heterocycles. The van der Waals surface area contributed by atoms with Crippen molar-refractivity contribution in [2.75, 3.05) is 0 Å². The number of hydrogen-bond acceptors (Lipinski definition) is 2. The molecule has 0 rings (SSSR count). The lowest BCUT2D eigenvalue weighted by Gasteiger charge is -2.07. The smallest absolute Gasteiger partial charge is 0.333 e. The van der Waals surface area contributed by atoms with Gasteiger partial charge in [0.2, 0.25) is 0 Å². The molecule has 0 aliphatic carbocycles. The number of ether oxygens (including phenoxy) is 1. The van der Waals surface area contributed by atoms with Gasteiger partial charge >= 0.3 is 5.97 Å². The first-order valence-corrected chi connectivity index (χ1v) is 3.95. The second-order valence-electron chi connectivity index (χ2n) is 2.75. The van der Waals surface area contributed by atoms with Crippen molar-refractivity contribution in [1.29, 1.82) is 0 Å². The van der Waals surface area contributed by atoms with Crippen molar-refractivity contribution in [2.45, 2.75) is 40.2 Å². The number of carbonyl (C=O) groups excluding carboxylic acids is 1. The molecule has 0 fully saturated rings. The lowest BCUT2D eigenvalue weighted by molar-refractivity contribution is -0.142. The quantitative estimate of drug-likeness (QED) is 0.463. The van der Waals surface area contributed by atoms with Gasteiger partial charge in [-0.05, 0) is 27.2 Å². The van der Waals surface area contributed by atoms with Crippen LogP contribution in [0.4, 0.5) is 0 Å². The average Bonchev–Trinajstić information content (AvgIpc) is 1.86. The highest BCUT2D eigenvalue weighted by Crippen LogP contribution is 2.00. The fourth-order valence-electron chi connectivity index (χ4n) is 0.697. The molecule has 0 amide bonds. The SMILES string of the molecule is CC/C=C(/C)C(=O)OC(C)C. The van der Waals surface area contributed by atoms with Gasteiger partial charge in [0, 0.05) is 5.57 Å². The molecule has 0 N–H and O–H groups in total. The number of hydrogen-bond donors (Lipinski definition) is 0. The Labute approximate surface area is 68.2 Å². The number of rotatable bonds is 3. The van der Waals surface area contributed by atoms with E-state index in [2.05, 4.69) is 0 Å². The average molecular weight is 156 g/mol. The Balaban J connectivity index is 3.93. The molecule has 0 spiro atoms. The highest BCUT2D eigenvalue weighted by Gasteiger charge is 2.05. The van der Waals surface area contributed by atoms with E-state index in [1.165, 1.54) is 0 Å². The monoisotopic (exact) mass is 156 g/mol. The van der Waals surface area contributed by atoms with Crippen LogP contribution in [0.3, 0.4) is 0 Å². The van der Waals surface area contributed by atoms with E-state index >= 15 is 0 Å². The summed E-state index contributed by atoms with van der Waals surface area (Å²) in [7, 11) is 0. The van der Waals surface area contributed by atoms with E-state index < -0.39 is 0 Å². The Kier molecular flexibility index (Phi) is 4.59. The van der Waals surface area contributed by atoms with Crippen LogP contribution in [-0.2, 0) is 9.53 Å². The van der Waals surface area contributed by atoms with Crippen molar-refractivity contribution >= 4 is 5.97 Å². The van der Waals surface area contributed by atoms with Crippen LogP contribution >= 0.6 is 0 Å². The second kappa shape index (κ2) is 4.94. The van der Waals surface area contributed by atoms with Crippen LogP contribution in [-0.4, -0.2) is 12.1 Å². The fourth-order valence-corrected chi connectivity index (χ4v) is 0.697. The Morgan fingerprint density at radius 2 is 2.09 bits per heavy atom. The first-order chi connectivity index (χ1) is 5.07. The third-order valence-corrected chi connectivity index (χ3v) is 1.18. The topological polar surface area (TPSA) is 26.3 Å². The molecule has 64 valence electrons. The Hall–Kier alpha value is -0.790. The number of esters is 1. The molecule has 0 saturated heterocycles. The van der Waals surface area contributed by atoms with Crippen molar-refractivity contribution in [3.05, 3.63) is 11.6 Å². The van der Waals surface area contributed by atoms with Crippen LogP contribution in [0.1, 0.15) is 34.1 Å². The number of carbonyl (C=O) groups is 1. The summed E-state index contributed by atoms with van der Waals surface area (Å²) in [4.78, 5) is 11.1. The molecular weight excluding hydrogens is 140 g/mol. The van der Waals surface area contributed by atoms with Crippen molar-refractivity contribution in [2.24, 2.45) is 0 Å². The minimum absolute atomic E-state index is 0.0253. The van der Waals surface area contributed by atoms with Gasteiger partial charge in [0.25, 0.3) is 0 Å².